The molecular formula is C19H15BrCl2N2O. The minimum absolute atomic E-state index is 0.333. The summed E-state index contributed by atoms with van der Waals surface area (Å²) in [5.74, 6) is 0. The van der Waals surface area contributed by atoms with E-state index in [0.29, 0.717) is 15.6 Å². The number of nitrogens with zero attached hydrogens (tertiary/aromatic N) is 1. The van der Waals surface area contributed by atoms with Crippen LogP contribution in [0.25, 0.3) is 0 Å². The molecule has 2 N–H and O–H groups in total. The zero-order valence-corrected chi connectivity index (χ0v) is 16.1. The lowest BCUT2D eigenvalue weighted by atomic mass is 10.0. The van der Waals surface area contributed by atoms with E-state index in [1.165, 1.54) is 0 Å². The maximum atomic E-state index is 10.6. The highest BCUT2D eigenvalue weighted by molar-refractivity contribution is 9.10. The first-order valence-electron chi connectivity index (χ1n) is 7.59. The van der Waals surface area contributed by atoms with Gasteiger partial charge in [0.25, 0.3) is 0 Å². The molecule has 25 heavy (non-hydrogen) atoms. The molecule has 0 bridgehead atoms. The van der Waals surface area contributed by atoms with Gasteiger partial charge in [0.15, 0.2) is 0 Å². The second-order valence-electron chi connectivity index (χ2n) is 5.51. The number of aliphatic hydroxyl groups is 1. The van der Waals surface area contributed by atoms with Crippen molar-refractivity contribution in [1.29, 1.82) is 0 Å². The molecule has 3 nitrogen and oxygen atoms in total. The Bertz CT molecular complexity index is 858. The van der Waals surface area contributed by atoms with E-state index in [1.807, 2.05) is 42.5 Å². The van der Waals surface area contributed by atoms with Crippen molar-refractivity contribution in [2.75, 3.05) is 0 Å². The molecule has 0 amide bonds. The predicted octanol–water partition coefficient (Wildman–Crippen LogP) is 5.52. The zero-order chi connectivity index (χ0) is 17.8. The zero-order valence-electron chi connectivity index (χ0n) is 13.0. The first-order valence-corrected chi connectivity index (χ1v) is 9.14. The molecule has 0 spiro atoms. The average molecular weight is 438 g/mol. The first-order chi connectivity index (χ1) is 12.0. The lowest BCUT2D eigenvalue weighted by Gasteiger charge is -2.23. The summed E-state index contributed by atoms with van der Waals surface area (Å²) in [6, 6.07) is 18.1. The molecule has 3 aromatic rings. The Hall–Kier alpha value is -1.43. The number of halogens is 3. The smallest absolute Gasteiger partial charge is 0.131 e. The highest BCUT2D eigenvalue weighted by Gasteiger charge is 2.20. The minimum atomic E-state index is -0.909. The fraction of sp³-hybridized carbons (Fsp3) is 0.105. The summed E-state index contributed by atoms with van der Waals surface area (Å²) in [4.78, 5) is 4.46. The Morgan fingerprint density at radius 2 is 1.56 bits per heavy atom. The number of hydrogen-bond donors (Lipinski definition) is 2. The van der Waals surface area contributed by atoms with Crippen LogP contribution < -0.4 is 5.32 Å². The molecule has 0 aliphatic rings. The van der Waals surface area contributed by atoms with Crippen LogP contribution in [0.1, 0.15) is 29.1 Å². The van der Waals surface area contributed by atoms with Gasteiger partial charge in [-0.1, -0.05) is 47.5 Å². The van der Waals surface area contributed by atoms with Crippen molar-refractivity contribution in [3.63, 3.8) is 0 Å². The van der Waals surface area contributed by atoms with E-state index in [9.17, 15) is 5.11 Å². The molecule has 1 aromatic heterocycles. The Labute approximate surface area is 164 Å². The Morgan fingerprint density at radius 1 is 0.920 bits per heavy atom. The number of hydrogen-bond acceptors (Lipinski definition) is 3. The van der Waals surface area contributed by atoms with Gasteiger partial charge in [0, 0.05) is 20.7 Å². The van der Waals surface area contributed by atoms with Gasteiger partial charge in [0.2, 0.25) is 0 Å². The van der Waals surface area contributed by atoms with Crippen LogP contribution in [-0.2, 0) is 0 Å². The Balaban J connectivity index is 1.95. The van der Waals surface area contributed by atoms with Crippen molar-refractivity contribution in [2.45, 2.75) is 12.3 Å². The molecule has 0 saturated carbocycles. The summed E-state index contributed by atoms with van der Waals surface area (Å²) in [5, 5.41) is 15.0. The summed E-state index contributed by atoms with van der Waals surface area (Å²) >= 11 is 15.6. The third kappa shape index (κ3) is 4.81. The molecule has 0 saturated heterocycles. The van der Waals surface area contributed by atoms with Crippen LogP contribution in [0.2, 0.25) is 10.0 Å². The van der Waals surface area contributed by atoms with Gasteiger partial charge in [0.05, 0.1) is 11.7 Å². The van der Waals surface area contributed by atoms with Gasteiger partial charge in [-0.25, -0.2) is 0 Å². The van der Waals surface area contributed by atoms with E-state index >= 15 is 0 Å². The van der Waals surface area contributed by atoms with Crippen LogP contribution in [0, 0.1) is 0 Å². The number of aliphatic hydroxyl groups excluding tert-OH is 1. The van der Waals surface area contributed by atoms with E-state index in [4.69, 9.17) is 23.2 Å². The maximum Gasteiger partial charge on any atom is 0.131 e. The summed E-state index contributed by atoms with van der Waals surface area (Å²) in [7, 11) is 0. The van der Waals surface area contributed by atoms with Crippen LogP contribution in [0.5, 0.6) is 0 Å². The Morgan fingerprint density at radius 3 is 2.16 bits per heavy atom. The maximum absolute atomic E-state index is 10.6. The van der Waals surface area contributed by atoms with Gasteiger partial charge < -0.3 is 5.11 Å². The first kappa shape index (κ1) is 18.4. The lowest BCUT2D eigenvalue weighted by Crippen LogP contribution is -2.28. The van der Waals surface area contributed by atoms with Crippen molar-refractivity contribution in [3.05, 3.63) is 98.2 Å². The number of aromatic nitrogens is 1. The molecular weight excluding hydrogens is 423 g/mol. The molecule has 6 heteroatoms. The molecule has 1 heterocycles. The summed E-state index contributed by atoms with van der Waals surface area (Å²) < 4.78 is 0.886. The van der Waals surface area contributed by atoms with Gasteiger partial charge in [0.1, 0.15) is 6.23 Å². The van der Waals surface area contributed by atoms with E-state index in [2.05, 4.69) is 26.2 Å². The fourth-order valence-corrected chi connectivity index (χ4v) is 3.16. The van der Waals surface area contributed by atoms with Crippen LogP contribution in [-0.4, -0.2) is 10.1 Å². The molecule has 128 valence electrons. The molecule has 0 aliphatic carbocycles. The molecule has 0 fully saturated rings. The Kier molecular flexibility index (Phi) is 6.10. The van der Waals surface area contributed by atoms with Crippen molar-refractivity contribution in [1.82, 2.24) is 10.3 Å². The van der Waals surface area contributed by atoms with Crippen LogP contribution in [0.3, 0.4) is 0 Å². The van der Waals surface area contributed by atoms with Crippen molar-refractivity contribution in [2.24, 2.45) is 0 Å². The van der Waals surface area contributed by atoms with E-state index in [-0.39, 0.29) is 6.04 Å². The number of benzene rings is 2. The fourth-order valence-electron chi connectivity index (χ4n) is 2.53. The molecule has 2 unspecified atom stereocenters. The largest absolute Gasteiger partial charge is 0.374 e. The number of rotatable bonds is 5. The van der Waals surface area contributed by atoms with Crippen molar-refractivity contribution < 1.29 is 5.11 Å². The second-order valence-corrected chi connectivity index (χ2v) is 7.30. The van der Waals surface area contributed by atoms with E-state index < -0.39 is 6.23 Å². The van der Waals surface area contributed by atoms with Gasteiger partial charge in [-0.2, -0.15) is 0 Å². The van der Waals surface area contributed by atoms with E-state index in [1.54, 1.807) is 24.4 Å². The summed E-state index contributed by atoms with van der Waals surface area (Å²) in [6.45, 7) is 0. The molecule has 0 radical (unpaired) electrons. The van der Waals surface area contributed by atoms with Gasteiger partial charge >= 0.3 is 0 Å². The van der Waals surface area contributed by atoms with E-state index in [0.717, 1.165) is 15.7 Å². The average Bonchev–Trinajstić information content (AvgIpc) is 2.60. The lowest BCUT2D eigenvalue weighted by molar-refractivity contribution is 0.128. The SMILES string of the molecule is OC(NC(c1cccc(Cl)c1)c1ccc(Br)cn1)c1cccc(Cl)c1. The van der Waals surface area contributed by atoms with Gasteiger partial charge in [-0.05, 0) is 63.5 Å². The third-order valence-corrected chi connectivity index (χ3v) is 4.66. The standard InChI is InChI=1S/C19H15BrCl2N2O/c20-14-7-8-17(23-11-14)18(12-3-1-5-15(21)9-12)24-19(25)13-4-2-6-16(22)10-13/h1-11,18-19,24-25H. The quantitative estimate of drug-likeness (QED) is 0.516. The van der Waals surface area contributed by atoms with Crippen molar-refractivity contribution >= 4 is 39.1 Å². The number of nitrogens with one attached hydrogen (secondary N) is 1. The normalized spacial score (nSPS) is 13.4. The molecule has 3 rings (SSSR count). The second kappa shape index (κ2) is 8.30. The van der Waals surface area contributed by atoms with Crippen LogP contribution in [0.4, 0.5) is 0 Å². The monoisotopic (exact) mass is 436 g/mol. The van der Waals surface area contributed by atoms with Crippen LogP contribution >= 0.6 is 39.1 Å². The van der Waals surface area contributed by atoms with Gasteiger partial charge in [-0.15, -0.1) is 0 Å². The highest BCUT2D eigenvalue weighted by Crippen LogP contribution is 2.27. The topological polar surface area (TPSA) is 45.1 Å². The number of pyridine rings is 1. The van der Waals surface area contributed by atoms with Crippen molar-refractivity contribution in [3.8, 4) is 0 Å². The molecule has 0 aliphatic heterocycles. The predicted molar refractivity (Wildman–Crippen MR) is 105 cm³/mol. The highest BCUT2D eigenvalue weighted by atomic mass is 79.9. The van der Waals surface area contributed by atoms with Gasteiger partial charge in [-0.3, -0.25) is 10.3 Å². The minimum Gasteiger partial charge on any atom is -0.374 e. The van der Waals surface area contributed by atoms with Crippen LogP contribution in [0.15, 0.2) is 71.3 Å². The summed E-state index contributed by atoms with van der Waals surface area (Å²) in [5.41, 5.74) is 2.35. The third-order valence-electron chi connectivity index (χ3n) is 3.72. The summed E-state index contributed by atoms with van der Waals surface area (Å²) in [6.07, 6.45) is 0.813. The molecule has 2 aromatic carbocycles. The molecule has 2 atom stereocenters.